The standard InChI is InChI=1S/C18H24BrN5O2S/c1-14-13-17(24-11-3-2-4-12-24)23-18(22-14)20-9-10-21-27(25,26)16-7-5-15(19)6-8-16/h5-8,13,21H,2-4,9-12H2,1H3,(H,20,22,23). The summed E-state index contributed by atoms with van der Waals surface area (Å²) >= 11 is 3.30. The van der Waals surface area contributed by atoms with Crippen LogP contribution >= 0.6 is 15.9 Å². The number of hydrogen-bond donors (Lipinski definition) is 2. The highest BCUT2D eigenvalue weighted by molar-refractivity contribution is 9.10. The number of anilines is 2. The normalized spacial score (nSPS) is 15.0. The number of hydrogen-bond acceptors (Lipinski definition) is 6. The lowest BCUT2D eigenvalue weighted by molar-refractivity contribution is 0.573. The first-order valence-electron chi connectivity index (χ1n) is 9.04. The molecule has 0 atom stereocenters. The van der Waals surface area contributed by atoms with E-state index in [0.29, 0.717) is 12.5 Å². The summed E-state index contributed by atoms with van der Waals surface area (Å²) in [5.41, 5.74) is 0.892. The van der Waals surface area contributed by atoms with Gasteiger partial charge in [-0.1, -0.05) is 15.9 Å². The summed E-state index contributed by atoms with van der Waals surface area (Å²) in [6.45, 7) is 4.62. The molecule has 1 aromatic heterocycles. The average Bonchev–Trinajstić information content (AvgIpc) is 2.66. The van der Waals surface area contributed by atoms with Crippen LogP contribution in [0.1, 0.15) is 25.0 Å². The number of benzene rings is 1. The monoisotopic (exact) mass is 453 g/mol. The molecule has 1 saturated heterocycles. The number of nitrogens with zero attached hydrogens (tertiary/aromatic N) is 3. The van der Waals surface area contributed by atoms with Gasteiger partial charge in [0.05, 0.1) is 4.90 Å². The Kier molecular flexibility index (Phi) is 6.67. The third-order valence-electron chi connectivity index (χ3n) is 4.34. The van der Waals surface area contributed by atoms with Crippen LogP contribution in [0.25, 0.3) is 0 Å². The summed E-state index contributed by atoms with van der Waals surface area (Å²) in [6, 6.07) is 8.53. The van der Waals surface area contributed by atoms with Crippen LogP contribution in [0, 0.1) is 6.92 Å². The van der Waals surface area contributed by atoms with Crippen LogP contribution in [0.5, 0.6) is 0 Å². The van der Waals surface area contributed by atoms with Gasteiger partial charge in [-0.25, -0.2) is 18.1 Å². The van der Waals surface area contributed by atoms with E-state index in [1.54, 1.807) is 24.3 Å². The van der Waals surface area contributed by atoms with Crippen molar-refractivity contribution < 1.29 is 8.42 Å². The molecule has 2 N–H and O–H groups in total. The van der Waals surface area contributed by atoms with E-state index in [1.807, 2.05) is 13.0 Å². The number of halogens is 1. The Morgan fingerprint density at radius 2 is 1.78 bits per heavy atom. The van der Waals surface area contributed by atoms with Crippen LogP contribution in [-0.4, -0.2) is 44.6 Å². The van der Waals surface area contributed by atoms with Crippen molar-refractivity contribution in [2.45, 2.75) is 31.1 Å². The molecular weight excluding hydrogens is 430 g/mol. The van der Waals surface area contributed by atoms with E-state index in [4.69, 9.17) is 0 Å². The van der Waals surface area contributed by atoms with Crippen LogP contribution in [0.2, 0.25) is 0 Å². The van der Waals surface area contributed by atoms with Gasteiger partial charge in [-0.2, -0.15) is 4.98 Å². The fourth-order valence-electron chi connectivity index (χ4n) is 2.97. The molecule has 0 saturated carbocycles. The second kappa shape index (κ2) is 8.99. The summed E-state index contributed by atoms with van der Waals surface area (Å²) < 4.78 is 28.0. The van der Waals surface area contributed by atoms with Crippen LogP contribution < -0.4 is 14.9 Å². The average molecular weight is 454 g/mol. The van der Waals surface area contributed by atoms with Gasteiger partial charge in [0.1, 0.15) is 5.82 Å². The van der Waals surface area contributed by atoms with Crippen molar-refractivity contribution in [1.29, 1.82) is 0 Å². The zero-order valence-electron chi connectivity index (χ0n) is 15.3. The topological polar surface area (TPSA) is 87.2 Å². The fourth-order valence-corrected chi connectivity index (χ4v) is 4.27. The van der Waals surface area contributed by atoms with Gasteiger partial charge in [-0.05, 0) is 50.5 Å². The molecule has 1 aliphatic heterocycles. The molecule has 1 fully saturated rings. The first kappa shape index (κ1) is 20.0. The summed E-state index contributed by atoms with van der Waals surface area (Å²) in [6.07, 6.45) is 3.64. The quantitative estimate of drug-likeness (QED) is 0.626. The number of aryl methyl sites for hydroxylation is 1. The van der Waals surface area contributed by atoms with E-state index in [9.17, 15) is 8.42 Å². The van der Waals surface area contributed by atoms with Crippen molar-refractivity contribution in [3.63, 3.8) is 0 Å². The Bertz CT molecular complexity index is 868. The Balaban J connectivity index is 1.55. The Labute approximate surface area is 168 Å². The highest BCUT2D eigenvalue weighted by Crippen LogP contribution is 2.19. The molecule has 146 valence electrons. The molecular formula is C18H24BrN5O2S. The third kappa shape index (κ3) is 5.63. The van der Waals surface area contributed by atoms with Crippen molar-refractivity contribution in [1.82, 2.24) is 14.7 Å². The summed E-state index contributed by atoms with van der Waals surface area (Å²) in [7, 11) is -3.52. The number of aromatic nitrogens is 2. The molecule has 3 rings (SSSR count). The van der Waals surface area contributed by atoms with Gasteiger partial charge in [-0.15, -0.1) is 0 Å². The Morgan fingerprint density at radius 3 is 2.48 bits per heavy atom. The predicted octanol–water partition coefficient (Wildman–Crippen LogP) is 2.93. The first-order chi connectivity index (χ1) is 12.9. The molecule has 27 heavy (non-hydrogen) atoms. The Hall–Kier alpha value is -1.71. The van der Waals surface area contributed by atoms with Gasteiger partial charge < -0.3 is 10.2 Å². The van der Waals surface area contributed by atoms with Crippen LogP contribution in [-0.2, 0) is 10.0 Å². The van der Waals surface area contributed by atoms with Gasteiger partial charge in [0.25, 0.3) is 0 Å². The van der Waals surface area contributed by atoms with Crippen LogP contribution in [0.4, 0.5) is 11.8 Å². The highest BCUT2D eigenvalue weighted by atomic mass is 79.9. The van der Waals surface area contributed by atoms with E-state index >= 15 is 0 Å². The van der Waals surface area contributed by atoms with Crippen LogP contribution in [0.15, 0.2) is 39.7 Å². The SMILES string of the molecule is Cc1cc(N2CCCCC2)nc(NCCNS(=O)(=O)c2ccc(Br)cc2)n1. The summed E-state index contributed by atoms with van der Waals surface area (Å²) in [5.74, 6) is 1.46. The second-order valence-electron chi connectivity index (χ2n) is 6.52. The van der Waals surface area contributed by atoms with E-state index in [2.05, 4.69) is 40.8 Å². The number of piperidine rings is 1. The highest BCUT2D eigenvalue weighted by Gasteiger charge is 2.15. The van der Waals surface area contributed by atoms with Gasteiger partial charge in [0.15, 0.2) is 0 Å². The molecule has 2 aromatic rings. The summed E-state index contributed by atoms with van der Waals surface area (Å²) in [5, 5.41) is 3.11. The van der Waals surface area contributed by atoms with Crippen molar-refractivity contribution >= 4 is 37.7 Å². The van der Waals surface area contributed by atoms with E-state index < -0.39 is 10.0 Å². The fraction of sp³-hybridized carbons (Fsp3) is 0.444. The minimum Gasteiger partial charge on any atom is -0.356 e. The van der Waals surface area contributed by atoms with Gasteiger partial charge >= 0.3 is 0 Å². The van der Waals surface area contributed by atoms with E-state index in [-0.39, 0.29) is 11.4 Å². The first-order valence-corrected chi connectivity index (χ1v) is 11.3. The molecule has 0 spiro atoms. The van der Waals surface area contributed by atoms with Gasteiger partial charge in [-0.3, -0.25) is 0 Å². The predicted molar refractivity (Wildman–Crippen MR) is 111 cm³/mol. The number of rotatable bonds is 7. The maximum atomic E-state index is 12.3. The van der Waals surface area contributed by atoms with E-state index in [0.717, 1.165) is 29.1 Å². The molecule has 9 heteroatoms. The maximum Gasteiger partial charge on any atom is 0.240 e. The van der Waals surface area contributed by atoms with Crippen LogP contribution in [0.3, 0.4) is 0 Å². The smallest absolute Gasteiger partial charge is 0.240 e. The zero-order chi connectivity index (χ0) is 19.3. The molecule has 0 unspecified atom stereocenters. The van der Waals surface area contributed by atoms with Crippen molar-refractivity contribution in [3.05, 3.63) is 40.5 Å². The molecule has 1 aromatic carbocycles. The van der Waals surface area contributed by atoms with Crippen molar-refractivity contribution in [3.8, 4) is 0 Å². The lowest BCUT2D eigenvalue weighted by Gasteiger charge is -2.28. The number of nitrogens with one attached hydrogen (secondary N) is 2. The van der Waals surface area contributed by atoms with Crippen molar-refractivity contribution in [2.24, 2.45) is 0 Å². The summed E-state index contributed by atoms with van der Waals surface area (Å²) in [4.78, 5) is 11.5. The van der Waals surface area contributed by atoms with E-state index in [1.165, 1.54) is 19.3 Å². The van der Waals surface area contributed by atoms with Gasteiger partial charge in [0.2, 0.25) is 16.0 Å². The second-order valence-corrected chi connectivity index (χ2v) is 9.20. The Morgan fingerprint density at radius 1 is 1.07 bits per heavy atom. The molecule has 0 radical (unpaired) electrons. The van der Waals surface area contributed by atoms with Gasteiger partial charge in [0, 0.05) is 42.4 Å². The maximum absolute atomic E-state index is 12.3. The molecule has 2 heterocycles. The third-order valence-corrected chi connectivity index (χ3v) is 6.35. The molecule has 0 amide bonds. The lowest BCUT2D eigenvalue weighted by Crippen LogP contribution is -2.31. The zero-order valence-corrected chi connectivity index (χ0v) is 17.7. The largest absolute Gasteiger partial charge is 0.356 e. The molecule has 1 aliphatic rings. The minimum absolute atomic E-state index is 0.241. The lowest BCUT2D eigenvalue weighted by atomic mass is 10.1. The number of sulfonamides is 1. The van der Waals surface area contributed by atoms with Crippen molar-refractivity contribution in [2.75, 3.05) is 36.4 Å². The molecule has 0 aliphatic carbocycles. The minimum atomic E-state index is -3.52. The molecule has 7 nitrogen and oxygen atoms in total. The molecule has 0 bridgehead atoms.